The van der Waals surface area contributed by atoms with Crippen LogP contribution in [0, 0.1) is 0 Å². The molecule has 0 radical (unpaired) electrons. The Morgan fingerprint density at radius 1 is 0.373 bits per heavy atom. The van der Waals surface area contributed by atoms with Crippen molar-refractivity contribution in [3.8, 4) is 16.8 Å². The molecule has 2 heterocycles. The quantitative estimate of drug-likeness (QED) is 0.121. The van der Waals surface area contributed by atoms with Crippen LogP contribution in [0.4, 0.5) is 0 Å². The second kappa shape index (κ2) is 12.1. The molecule has 2 aromatic heterocycles. The van der Waals surface area contributed by atoms with Crippen molar-refractivity contribution in [1.82, 2.24) is 4.57 Å². The zero-order valence-electron chi connectivity index (χ0n) is 27.9. The molecule has 0 aliphatic rings. The molecule has 0 unspecified atom stereocenters. The lowest BCUT2D eigenvalue weighted by Crippen LogP contribution is -2.74. The van der Waals surface area contributed by atoms with Crippen LogP contribution in [0.3, 0.4) is 0 Å². The largest absolute Gasteiger partial charge is 0.309 e. The zero-order chi connectivity index (χ0) is 33.8. The first-order valence-corrected chi connectivity index (χ1v) is 20.3. The molecule has 0 saturated heterocycles. The van der Waals surface area contributed by atoms with Crippen molar-refractivity contribution in [1.29, 1.82) is 0 Å². The van der Waals surface area contributed by atoms with E-state index >= 15 is 0 Å². The fourth-order valence-electron chi connectivity index (χ4n) is 8.35. The van der Waals surface area contributed by atoms with E-state index in [2.05, 4.69) is 205 Å². The molecule has 1 nitrogen and oxygen atoms in total. The number of benzene rings is 8. The predicted octanol–water partition coefficient (Wildman–Crippen LogP) is 10.2. The zero-order valence-corrected chi connectivity index (χ0v) is 29.7. The summed E-state index contributed by atoms with van der Waals surface area (Å²) in [5, 5.41) is 10.7. The SMILES string of the molecule is c1ccc([Si](c2ccccc2)(c2cccc(-c3cccc4c3sc3ccccc34)c2)c2cccc(-n3c4ccccc4c4ccccc43)c2)cc1. The maximum absolute atomic E-state index is 2.85. The molecular weight excluding hydrogens is 651 g/mol. The van der Waals surface area contributed by atoms with Crippen LogP contribution in [0.2, 0.25) is 0 Å². The van der Waals surface area contributed by atoms with E-state index in [1.54, 1.807) is 0 Å². The van der Waals surface area contributed by atoms with Gasteiger partial charge in [-0.05, 0) is 62.2 Å². The summed E-state index contributed by atoms with van der Waals surface area (Å²) in [6.07, 6.45) is 0. The molecule has 0 atom stereocenters. The molecule has 0 spiro atoms. The Labute approximate surface area is 302 Å². The van der Waals surface area contributed by atoms with Gasteiger partial charge < -0.3 is 4.57 Å². The van der Waals surface area contributed by atoms with Gasteiger partial charge in [-0.3, -0.25) is 0 Å². The summed E-state index contributed by atoms with van der Waals surface area (Å²) in [5.74, 6) is 0. The summed E-state index contributed by atoms with van der Waals surface area (Å²) in [5.41, 5.74) is 6.17. The summed E-state index contributed by atoms with van der Waals surface area (Å²) in [6, 6.07) is 74.5. The van der Waals surface area contributed by atoms with Crippen molar-refractivity contribution < 1.29 is 0 Å². The molecule has 0 aliphatic heterocycles. The molecule has 0 amide bonds. The van der Waals surface area contributed by atoms with Crippen LogP contribution in [0.5, 0.6) is 0 Å². The van der Waals surface area contributed by atoms with Gasteiger partial charge >= 0.3 is 0 Å². The van der Waals surface area contributed by atoms with Crippen LogP contribution in [0.15, 0.2) is 200 Å². The van der Waals surface area contributed by atoms with E-state index in [0.29, 0.717) is 0 Å². The molecule has 0 saturated carbocycles. The van der Waals surface area contributed by atoms with Gasteiger partial charge in [0.15, 0.2) is 8.07 Å². The Morgan fingerprint density at radius 3 is 1.57 bits per heavy atom. The first kappa shape index (κ1) is 29.9. The predicted molar refractivity (Wildman–Crippen MR) is 223 cm³/mol. The third-order valence-corrected chi connectivity index (χ3v) is 16.5. The average molecular weight is 684 g/mol. The summed E-state index contributed by atoms with van der Waals surface area (Å²) in [6.45, 7) is 0. The van der Waals surface area contributed by atoms with Crippen LogP contribution in [0.25, 0.3) is 58.8 Å². The average Bonchev–Trinajstić information content (AvgIpc) is 3.76. The minimum atomic E-state index is -2.85. The van der Waals surface area contributed by atoms with Gasteiger partial charge in [0.2, 0.25) is 0 Å². The van der Waals surface area contributed by atoms with E-state index in [-0.39, 0.29) is 0 Å². The Balaban J connectivity index is 1.26. The Hall–Kier alpha value is -6.00. The summed E-state index contributed by atoms with van der Waals surface area (Å²) >= 11 is 1.90. The van der Waals surface area contributed by atoms with Gasteiger partial charge in [0.25, 0.3) is 0 Å². The topological polar surface area (TPSA) is 4.93 Å². The van der Waals surface area contributed by atoms with Crippen LogP contribution in [-0.2, 0) is 0 Å². The molecule has 0 N–H and O–H groups in total. The molecule has 10 rings (SSSR count). The number of thiophene rings is 1. The van der Waals surface area contributed by atoms with E-state index in [4.69, 9.17) is 0 Å². The molecule has 0 fully saturated rings. The number of hydrogen-bond acceptors (Lipinski definition) is 1. The van der Waals surface area contributed by atoms with Gasteiger partial charge in [0.05, 0.1) is 11.0 Å². The van der Waals surface area contributed by atoms with E-state index in [0.717, 1.165) is 0 Å². The Kier molecular flexibility index (Phi) is 7.09. The van der Waals surface area contributed by atoms with E-state index in [9.17, 15) is 0 Å². The summed E-state index contributed by atoms with van der Waals surface area (Å²) < 4.78 is 5.12. The molecule has 0 bridgehead atoms. The normalized spacial score (nSPS) is 11.9. The molecule has 10 aromatic rings. The monoisotopic (exact) mass is 683 g/mol. The van der Waals surface area contributed by atoms with Crippen molar-refractivity contribution >= 4 is 82.1 Å². The maximum atomic E-state index is 2.50. The highest BCUT2D eigenvalue weighted by Gasteiger charge is 2.42. The van der Waals surface area contributed by atoms with Crippen LogP contribution >= 0.6 is 11.3 Å². The maximum Gasteiger partial charge on any atom is 0.179 e. The standard InChI is InChI=1S/C48H33NSSi/c1-3-18-36(19-4-1)51(37-20-5-2-6-21-37,38-22-13-16-34(32-38)40-27-15-28-44-43-26-9-12-31-47(43)50-48(40)44)39-23-14-17-35(33-39)49-45-29-10-7-24-41(45)42-25-8-11-30-46(42)49/h1-33H. The highest BCUT2D eigenvalue weighted by atomic mass is 32.1. The second-order valence-electron chi connectivity index (χ2n) is 13.3. The molecule has 240 valence electrons. The van der Waals surface area contributed by atoms with E-state index in [1.807, 2.05) is 11.3 Å². The minimum Gasteiger partial charge on any atom is -0.309 e. The summed E-state index contributed by atoms with van der Waals surface area (Å²) in [4.78, 5) is 0. The van der Waals surface area contributed by atoms with E-state index < -0.39 is 8.07 Å². The number of para-hydroxylation sites is 2. The Bertz CT molecular complexity index is 2770. The lowest BCUT2D eigenvalue weighted by atomic mass is 10.0. The first-order chi connectivity index (χ1) is 25.3. The smallest absolute Gasteiger partial charge is 0.179 e. The fourth-order valence-corrected chi connectivity index (χ4v) is 14.4. The third kappa shape index (κ3) is 4.66. The molecule has 0 aliphatic carbocycles. The molecule has 3 heteroatoms. The van der Waals surface area contributed by atoms with Crippen LogP contribution in [0.1, 0.15) is 0 Å². The van der Waals surface area contributed by atoms with E-state index in [1.165, 1.54) is 79.5 Å². The van der Waals surface area contributed by atoms with Crippen molar-refractivity contribution in [2.24, 2.45) is 0 Å². The number of hydrogen-bond donors (Lipinski definition) is 0. The molecule has 51 heavy (non-hydrogen) atoms. The third-order valence-electron chi connectivity index (χ3n) is 10.5. The summed E-state index contributed by atoms with van der Waals surface area (Å²) in [7, 11) is -2.85. The number of aromatic nitrogens is 1. The molecular formula is C48H33NSSi. The van der Waals surface area contributed by atoms with Crippen molar-refractivity contribution in [2.75, 3.05) is 0 Å². The van der Waals surface area contributed by atoms with Gasteiger partial charge in [0, 0.05) is 36.6 Å². The fraction of sp³-hybridized carbons (Fsp3) is 0. The van der Waals surface area contributed by atoms with Gasteiger partial charge in [0.1, 0.15) is 0 Å². The van der Waals surface area contributed by atoms with Gasteiger partial charge in [-0.2, -0.15) is 0 Å². The van der Waals surface area contributed by atoms with Crippen molar-refractivity contribution in [3.05, 3.63) is 200 Å². The van der Waals surface area contributed by atoms with Gasteiger partial charge in [-0.1, -0.05) is 170 Å². The van der Waals surface area contributed by atoms with Crippen molar-refractivity contribution in [2.45, 2.75) is 0 Å². The van der Waals surface area contributed by atoms with Gasteiger partial charge in [-0.25, -0.2) is 0 Å². The Morgan fingerprint density at radius 2 is 0.882 bits per heavy atom. The van der Waals surface area contributed by atoms with Gasteiger partial charge in [-0.15, -0.1) is 11.3 Å². The van der Waals surface area contributed by atoms with Crippen LogP contribution in [-0.4, -0.2) is 12.6 Å². The first-order valence-electron chi connectivity index (χ1n) is 17.5. The number of rotatable bonds is 6. The highest BCUT2D eigenvalue weighted by molar-refractivity contribution is 7.26. The highest BCUT2D eigenvalue weighted by Crippen LogP contribution is 2.39. The minimum absolute atomic E-state index is 1.18. The lowest BCUT2D eigenvalue weighted by Gasteiger charge is -2.35. The van der Waals surface area contributed by atoms with Crippen molar-refractivity contribution in [3.63, 3.8) is 0 Å². The number of nitrogens with zero attached hydrogens (tertiary/aromatic N) is 1. The molecule has 8 aromatic carbocycles. The lowest BCUT2D eigenvalue weighted by molar-refractivity contribution is 1.18. The van der Waals surface area contributed by atoms with Crippen LogP contribution < -0.4 is 20.7 Å². The number of fused-ring (bicyclic) bond motifs is 6. The second-order valence-corrected chi connectivity index (χ2v) is 18.1.